The number of hydrogen-bond acceptors (Lipinski definition) is 4. The van der Waals surface area contributed by atoms with Crippen molar-refractivity contribution in [1.29, 1.82) is 10.5 Å². The van der Waals surface area contributed by atoms with Crippen molar-refractivity contribution in [2.75, 3.05) is 6.61 Å². The lowest BCUT2D eigenvalue weighted by molar-refractivity contribution is -0.124. The molecule has 0 aliphatic heterocycles. The van der Waals surface area contributed by atoms with Gasteiger partial charge < -0.3 is 10.1 Å². The third-order valence-corrected chi connectivity index (χ3v) is 3.39. The van der Waals surface area contributed by atoms with Crippen molar-refractivity contribution in [3.05, 3.63) is 29.8 Å². The number of benzene rings is 1. The molecule has 0 aromatic heterocycles. The number of nitrogens with zero attached hydrogens (tertiary/aromatic N) is 2. The Kier molecular flexibility index (Phi) is 3.91. The first-order valence-corrected chi connectivity index (χ1v) is 6.43. The molecule has 1 aromatic carbocycles. The van der Waals surface area contributed by atoms with Crippen molar-refractivity contribution >= 4 is 5.91 Å². The lowest BCUT2D eigenvalue weighted by Gasteiger charge is -2.22. The van der Waals surface area contributed by atoms with Crippen LogP contribution in [0.25, 0.3) is 0 Å². The Balaban J connectivity index is 1.93. The smallest absolute Gasteiger partial charge is 0.259 e. The highest BCUT2D eigenvalue weighted by molar-refractivity contribution is 5.79. The summed E-state index contributed by atoms with van der Waals surface area (Å²) in [5.74, 6) is 0.242. The average molecular weight is 269 g/mol. The van der Waals surface area contributed by atoms with Gasteiger partial charge in [-0.1, -0.05) is 12.1 Å². The molecule has 0 bridgehead atoms. The highest BCUT2D eigenvalue weighted by Crippen LogP contribution is 2.39. The van der Waals surface area contributed by atoms with Crippen molar-refractivity contribution in [2.24, 2.45) is 5.92 Å². The maximum absolute atomic E-state index is 11.9. The van der Waals surface area contributed by atoms with Crippen molar-refractivity contribution in [2.45, 2.75) is 25.3 Å². The van der Waals surface area contributed by atoms with Crippen LogP contribution >= 0.6 is 0 Å². The maximum atomic E-state index is 11.9. The van der Waals surface area contributed by atoms with Gasteiger partial charge in [0, 0.05) is 0 Å². The first kappa shape index (κ1) is 13.9. The van der Waals surface area contributed by atoms with Crippen LogP contribution in [0.15, 0.2) is 24.3 Å². The van der Waals surface area contributed by atoms with Gasteiger partial charge >= 0.3 is 0 Å². The summed E-state index contributed by atoms with van der Waals surface area (Å²) in [4.78, 5) is 11.9. The summed E-state index contributed by atoms with van der Waals surface area (Å²) in [5, 5.41) is 20.8. The van der Waals surface area contributed by atoms with Gasteiger partial charge in [-0.15, -0.1) is 0 Å². The number of para-hydroxylation sites is 1. The lowest BCUT2D eigenvalue weighted by Crippen LogP contribution is -2.48. The van der Waals surface area contributed by atoms with E-state index in [0.29, 0.717) is 11.3 Å². The van der Waals surface area contributed by atoms with Gasteiger partial charge in [0.25, 0.3) is 5.91 Å². The average Bonchev–Trinajstić information content (AvgIpc) is 3.30. The molecule has 0 radical (unpaired) electrons. The fourth-order valence-electron chi connectivity index (χ4n) is 2.04. The second-order valence-electron chi connectivity index (χ2n) is 5.03. The van der Waals surface area contributed by atoms with E-state index in [1.165, 1.54) is 0 Å². The molecule has 2 rings (SSSR count). The Hall–Kier alpha value is -2.53. The van der Waals surface area contributed by atoms with Crippen molar-refractivity contribution in [3.8, 4) is 17.9 Å². The van der Waals surface area contributed by atoms with Gasteiger partial charge in [0.05, 0.1) is 11.6 Å². The summed E-state index contributed by atoms with van der Waals surface area (Å²) < 4.78 is 5.34. The monoisotopic (exact) mass is 269 g/mol. The van der Waals surface area contributed by atoms with Gasteiger partial charge in [-0.2, -0.15) is 10.5 Å². The second kappa shape index (κ2) is 5.63. The maximum Gasteiger partial charge on any atom is 0.259 e. The van der Waals surface area contributed by atoms with Crippen LogP contribution in [-0.4, -0.2) is 18.1 Å². The van der Waals surface area contributed by atoms with E-state index in [-0.39, 0.29) is 18.4 Å². The summed E-state index contributed by atoms with van der Waals surface area (Å²) >= 11 is 0. The Labute approximate surface area is 117 Å². The molecule has 0 heterocycles. The van der Waals surface area contributed by atoms with Crippen molar-refractivity contribution in [1.82, 2.24) is 5.32 Å². The number of nitrogens with one attached hydrogen (secondary N) is 1. The molecule has 1 amide bonds. The molecule has 5 heteroatoms. The molecular formula is C15H15N3O2. The van der Waals surface area contributed by atoms with Crippen LogP contribution in [0, 0.1) is 28.6 Å². The third-order valence-electron chi connectivity index (χ3n) is 3.39. The number of amides is 1. The summed E-state index contributed by atoms with van der Waals surface area (Å²) in [5.41, 5.74) is -0.444. The van der Waals surface area contributed by atoms with Crippen molar-refractivity contribution in [3.63, 3.8) is 0 Å². The highest BCUT2D eigenvalue weighted by Gasteiger charge is 2.43. The number of rotatable bonds is 5. The number of ether oxygens (including phenoxy) is 1. The summed E-state index contributed by atoms with van der Waals surface area (Å²) in [7, 11) is 0. The van der Waals surface area contributed by atoms with Gasteiger partial charge in [-0.25, -0.2) is 0 Å². The van der Waals surface area contributed by atoms with Gasteiger partial charge in [0.1, 0.15) is 17.4 Å². The van der Waals surface area contributed by atoms with Gasteiger partial charge in [0.2, 0.25) is 0 Å². The highest BCUT2D eigenvalue weighted by atomic mass is 16.5. The molecule has 1 N–H and O–H groups in total. The van der Waals surface area contributed by atoms with E-state index in [1.54, 1.807) is 31.2 Å². The number of nitriles is 2. The first-order valence-electron chi connectivity index (χ1n) is 6.43. The largest absolute Gasteiger partial charge is 0.482 e. The predicted octanol–water partition coefficient (Wildman–Crippen LogP) is 1.75. The minimum absolute atomic E-state index is 0.206. The summed E-state index contributed by atoms with van der Waals surface area (Å²) in [6.45, 7) is 1.52. The standard InChI is InChI=1S/C15H15N3O2/c1-15(10-17,12-6-7-12)18-14(19)9-20-13-5-3-2-4-11(13)8-16/h2-5,12H,6-7,9H2,1H3,(H,18,19)/t15-/m0/s1. The van der Waals surface area contributed by atoms with Crippen LogP contribution in [0.3, 0.4) is 0 Å². The van der Waals surface area contributed by atoms with E-state index in [1.807, 2.05) is 6.07 Å². The molecule has 1 aromatic rings. The third kappa shape index (κ3) is 3.07. The topological polar surface area (TPSA) is 85.9 Å². The molecule has 1 atom stereocenters. The lowest BCUT2D eigenvalue weighted by atomic mass is 9.98. The zero-order valence-corrected chi connectivity index (χ0v) is 11.2. The molecule has 1 fully saturated rings. The number of hydrogen-bond donors (Lipinski definition) is 1. The zero-order valence-electron chi connectivity index (χ0n) is 11.2. The molecule has 1 saturated carbocycles. The molecule has 5 nitrogen and oxygen atoms in total. The van der Waals surface area contributed by atoms with Crippen LogP contribution in [0.5, 0.6) is 5.75 Å². The van der Waals surface area contributed by atoms with E-state index in [9.17, 15) is 4.79 Å². The molecule has 0 spiro atoms. The Bertz CT molecular complexity index is 596. The van der Waals surface area contributed by atoms with Crippen LogP contribution in [0.2, 0.25) is 0 Å². The zero-order chi connectivity index (χ0) is 14.6. The van der Waals surface area contributed by atoms with Crippen LogP contribution in [0.4, 0.5) is 0 Å². The van der Waals surface area contributed by atoms with E-state index in [4.69, 9.17) is 15.3 Å². The molecule has 1 aliphatic rings. The van der Waals surface area contributed by atoms with Crippen LogP contribution in [0.1, 0.15) is 25.3 Å². The molecule has 0 saturated heterocycles. The van der Waals surface area contributed by atoms with E-state index in [0.717, 1.165) is 12.8 Å². The fourth-order valence-corrected chi connectivity index (χ4v) is 2.04. The van der Waals surface area contributed by atoms with E-state index < -0.39 is 5.54 Å². The van der Waals surface area contributed by atoms with Gasteiger partial charge in [0.15, 0.2) is 6.61 Å². The Morgan fingerprint density at radius 3 is 2.75 bits per heavy atom. The number of carbonyl (C=O) groups excluding carboxylic acids is 1. The molecule has 1 aliphatic carbocycles. The second-order valence-corrected chi connectivity index (χ2v) is 5.03. The molecule has 20 heavy (non-hydrogen) atoms. The van der Waals surface area contributed by atoms with Crippen LogP contribution in [-0.2, 0) is 4.79 Å². The molecule has 102 valence electrons. The van der Waals surface area contributed by atoms with Crippen LogP contribution < -0.4 is 10.1 Å². The van der Waals surface area contributed by atoms with Crippen molar-refractivity contribution < 1.29 is 9.53 Å². The minimum Gasteiger partial charge on any atom is -0.482 e. The SMILES string of the molecule is C[C@@](C#N)(NC(=O)COc1ccccc1C#N)C1CC1. The Morgan fingerprint density at radius 2 is 2.15 bits per heavy atom. The number of carbonyl (C=O) groups is 1. The molecule has 0 unspecified atom stereocenters. The fraction of sp³-hybridized carbons (Fsp3) is 0.400. The van der Waals surface area contributed by atoms with Gasteiger partial charge in [-0.05, 0) is 37.8 Å². The summed E-state index contributed by atoms with van der Waals surface area (Å²) in [6, 6.07) is 10.9. The van der Waals surface area contributed by atoms with E-state index in [2.05, 4.69) is 11.4 Å². The predicted molar refractivity (Wildman–Crippen MR) is 71.5 cm³/mol. The van der Waals surface area contributed by atoms with E-state index >= 15 is 0 Å². The first-order chi connectivity index (χ1) is 9.59. The molecular weight excluding hydrogens is 254 g/mol. The Morgan fingerprint density at radius 1 is 1.45 bits per heavy atom. The minimum atomic E-state index is -0.824. The quantitative estimate of drug-likeness (QED) is 0.882. The normalized spacial score (nSPS) is 16.4. The summed E-state index contributed by atoms with van der Waals surface area (Å²) in [6.07, 6.45) is 1.92. The van der Waals surface area contributed by atoms with Gasteiger partial charge in [-0.3, -0.25) is 4.79 Å².